The third kappa shape index (κ3) is 5.62. The molecule has 0 aliphatic rings. The summed E-state index contributed by atoms with van der Waals surface area (Å²) in [6.07, 6.45) is 3.72. The van der Waals surface area contributed by atoms with Gasteiger partial charge in [0.25, 0.3) is 0 Å². The molecule has 1 aromatic carbocycles. The van der Waals surface area contributed by atoms with Crippen LogP contribution in [0.25, 0.3) is 0 Å². The molecule has 0 radical (unpaired) electrons. The van der Waals surface area contributed by atoms with Crippen molar-refractivity contribution in [1.29, 1.82) is 0 Å². The minimum atomic E-state index is -0.607. The van der Waals surface area contributed by atoms with E-state index in [9.17, 15) is 4.79 Å². The van der Waals surface area contributed by atoms with E-state index in [1.165, 1.54) is 0 Å². The summed E-state index contributed by atoms with van der Waals surface area (Å²) in [5.74, 6) is 0.495. The van der Waals surface area contributed by atoms with Gasteiger partial charge in [0.05, 0.1) is 24.1 Å². The molecule has 2 aromatic rings. The van der Waals surface area contributed by atoms with Crippen LogP contribution in [0.15, 0.2) is 42.7 Å². The quantitative estimate of drug-likeness (QED) is 0.900. The Morgan fingerprint density at radius 2 is 1.74 bits per heavy atom. The van der Waals surface area contributed by atoms with Crippen LogP contribution in [0.2, 0.25) is 0 Å². The van der Waals surface area contributed by atoms with Crippen molar-refractivity contribution in [1.82, 2.24) is 9.97 Å². The second-order valence-electron chi connectivity index (χ2n) is 6.33. The van der Waals surface area contributed by atoms with Crippen molar-refractivity contribution in [2.75, 3.05) is 5.32 Å². The molecule has 0 fully saturated rings. The monoisotopic (exact) mass is 334 g/mol. The van der Waals surface area contributed by atoms with E-state index in [-0.39, 0.29) is 23.7 Å². The molecule has 0 aliphatic heterocycles. The van der Waals surface area contributed by atoms with Crippen molar-refractivity contribution >= 4 is 24.0 Å². The zero-order chi connectivity index (χ0) is 16.2. The van der Waals surface area contributed by atoms with Crippen LogP contribution in [0.5, 0.6) is 0 Å². The standard InChI is InChI=1S/C17H22N4O.ClH/c1-17(2,3)16-19-10-13(11-20-16)21-15(22)14(18)9-12-7-5-4-6-8-12;/h4-8,10-11,14H,9,18H2,1-3H3,(H,21,22);1H. The molecule has 3 N–H and O–H groups in total. The van der Waals surface area contributed by atoms with Crippen LogP contribution in [-0.4, -0.2) is 21.9 Å². The fourth-order valence-electron chi connectivity index (χ4n) is 1.98. The number of nitrogens with zero attached hydrogens (tertiary/aromatic N) is 2. The van der Waals surface area contributed by atoms with Crippen LogP contribution < -0.4 is 11.1 Å². The second kappa shape index (κ2) is 8.04. The molecule has 1 heterocycles. The summed E-state index contributed by atoms with van der Waals surface area (Å²) in [5.41, 5.74) is 7.41. The van der Waals surface area contributed by atoms with Crippen LogP contribution >= 0.6 is 12.4 Å². The Bertz CT molecular complexity index is 623. The van der Waals surface area contributed by atoms with E-state index in [1.807, 2.05) is 51.1 Å². The number of nitrogens with two attached hydrogens (primary N) is 1. The average molecular weight is 335 g/mol. The number of carbonyl (C=O) groups is 1. The largest absolute Gasteiger partial charge is 0.322 e. The van der Waals surface area contributed by atoms with Gasteiger partial charge in [0.2, 0.25) is 5.91 Å². The number of benzene rings is 1. The van der Waals surface area contributed by atoms with Crippen molar-refractivity contribution < 1.29 is 4.79 Å². The number of aromatic nitrogens is 2. The SMILES string of the molecule is CC(C)(C)c1ncc(NC(=O)C(N)Cc2ccccc2)cn1.Cl. The predicted octanol–water partition coefficient (Wildman–Crippen LogP) is 2.70. The molecular weight excluding hydrogens is 312 g/mol. The fourth-order valence-corrected chi connectivity index (χ4v) is 1.98. The molecule has 0 saturated heterocycles. The number of nitrogens with one attached hydrogen (secondary N) is 1. The van der Waals surface area contributed by atoms with Crippen LogP contribution in [0, 0.1) is 0 Å². The number of hydrogen-bond donors (Lipinski definition) is 2. The number of anilines is 1. The van der Waals surface area contributed by atoms with Gasteiger partial charge in [-0.3, -0.25) is 4.79 Å². The van der Waals surface area contributed by atoms with Crippen molar-refractivity contribution in [2.24, 2.45) is 5.73 Å². The normalized spacial score (nSPS) is 12.2. The van der Waals surface area contributed by atoms with E-state index in [0.29, 0.717) is 12.1 Å². The lowest BCUT2D eigenvalue weighted by molar-refractivity contribution is -0.117. The summed E-state index contributed by atoms with van der Waals surface area (Å²) in [4.78, 5) is 20.7. The van der Waals surface area contributed by atoms with Gasteiger partial charge in [0, 0.05) is 5.41 Å². The van der Waals surface area contributed by atoms with Gasteiger partial charge in [0.1, 0.15) is 5.82 Å². The summed E-state index contributed by atoms with van der Waals surface area (Å²) in [5, 5.41) is 2.75. The third-order valence-corrected chi connectivity index (χ3v) is 3.23. The molecule has 5 nitrogen and oxygen atoms in total. The zero-order valence-corrected chi connectivity index (χ0v) is 14.4. The maximum Gasteiger partial charge on any atom is 0.241 e. The third-order valence-electron chi connectivity index (χ3n) is 3.23. The summed E-state index contributed by atoms with van der Waals surface area (Å²) < 4.78 is 0. The van der Waals surface area contributed by atoms with E-state index in [0.717, 1.165) is 11.4 Å². The fraction of sp³-hybridized carbons (Fsp3) is 0.353. The molecular formula is C17H23ClN4O. The zero-order valence-electron chi connectivity index (χ0n) is 13.6. The van der Waals surface area contributed by atoms with Gasteiger partial charge in [-0.2, -0.15) is 0 Å². The number of carbonyl (C=O) groups excluding carboxylic acids is 1. The van der Waals surface area contributed by atoms with E-state index >= 15 is 0 Å². The molecule has 6 heteroatoms. The van der Waals surface area contributed by atoms with Crippen molar-refractivity contribution in [3.63, 3.8) is 0 Å². The first-order chi connectivity index (χ1) is 10.4. The summed E-state index contributed by atoms with van der Waals surface area (Å²) in [6, 6.07) is 9.09. The van der Waals surface area contributed by atoms with E-state index < -0.39 is 6.04 Å². The van der Waals surface area contributed by atoms with E-state index in [2.05, 4.69) is 15.3 Å². The van der Waals surface area contributed by atoms with E-state index in [4.69, 9.17) is 5.73 Å². The van der Waals surface area contributed by atoms with Crippen molar-refractivity contribution in [3.05, 3.63) is 54.1 Å². The first-order valence-corrected chi connectivity index (χ1v) is 7.29. The minimum Gasteiger partial charge on any atom is -0.322 e. The molecule has 1 atom stereocenters. The van der Waals surface area contributed by atoms with Crippen molar-refractivity contribution in [3.8, 4) is 0 Å². The van der Waals surface area contributed by atoms with Crippen LogP contribution in [0.3, 0.4) is 0 Å². The maximum atomic E-state index is 12.1. The highest BCUT2D eigenvalue weighted by Crippen LogP contribution is 2.18. The van der Waals surface area contributed by atoms with Crippen LogP contribution in [0.1, 0.15) is 32.2 Å². The smallest absolute Gasteiger partial charge is 0.241 e. The Balaban J connectivity index is 0.00000264. The second-order valence-corrected chi connectivity index (χ2v) is 6.33. The van der Waals surface area contributed by atoms with Gasteiger partial charge >= 0.3 is 0 Å². The van der Waals surface area contributed by atoms with Gasteiger partial charge in [-0.25, -0.2) is 9.97 Å². The lowest BCUT2D eigenvalue weighted by Crippen LogP contribution is -2.37. The van der Waals surface area contributed by atoms with Crippen LogP contribution in [0.4, 0.5) is 5.69 Å². The number of halogens is 1. The molecule has 0 saturated carbocycles. The van der Waals surface area contributed by atoms with Gasteiger partial charge in [-0.05, 0) is 12.0 Å². The summed E-state index contributed by atoms with van der Waals surface area (Å²) in [7, 11) is 0. The lowest BCUT2D eigenvalue weighted by atomic mass is 9.96. The molecule has 2 rings (SSSR count). The Hall–Kier alpha value is -1.98. The summed E-state index contributed by atoms with van der Waals surface area (Å²) >= 11 is 0. The van der Waals surface area contributed by atoms with Crippen LogP contribution in [-0.2, 0) is 16.6 Å². The van der Waals surface area contributed by atoms with Crippen molar-refractivity contribution in [2.45, 2.75) is 38.6 Å². The Kier molecular flexibility index (Phi) is 6.66. The first kappa shape index (κ1) is 19.1. The molecule has 1 unspecified atom stereocenters. The molecule has 1 amide bonds. The highest BCUT2D eigenvalue weighted by Gasteiger charge is 2.18. The van der Waals surface area contributed by atoms with Gasteiger partial charge in [0.15, 0.2) is 0 Å². The molecule has 23 heavy (non-hydrogen) atoms. The van der Waals surface area contributed by atoms with Gasteiger partial charge in [-0.1, -0.05) is 51.1 Å². The predicted molar refractivity (Wildman–Crippen MR) is 94.7 cm³/mol. The molecule has 124 valence electrons. The number of hydrogen-bond acceptors (Lipinski definition) is 4. The highest BCUT2D eigenvalue weighted by molar-refractivity contribution is 5.94. The molecule has 0 aliphatic carbocycles. The number of rotatable bonds is 4. The Morgan fingerprint density at radius 3 is 2.26 bits per heavy atom. The molecule has 0 spiro atoms. The van der Waals surface area contributed by atoms with E-state index in [1.54, 1.807) is 12.4 Å². The van der Waals surface area contributed by atoms with Gasteiger partial charge in [-0.15, -0.1) is 12.4 Å². The summed E-state index contributed by atoms with van der Waals surface area (Å²) in [6.45, 7) is 6.11. The molecule has 1 aromatic heterocycles. The van der Waals surface area contributed by atoms with Gasteiger partial charge < -0.3 is 11.1 Å². The number of amides is 1. The maximum absolute atomic E-state index is 12.1. The highest BCUT2D eigenvalue weighted by atomic mass is 35.5. The molecule has 0 bridgehead atoms. The Labute approximate surface area is 143 Å². The lowest BCUT2D eigenvalue weighted by Gasteiger charge is -2.17. The average Bonchev–Trinajstić information content (AvgIpc) is 2.48. The Morgan fingerprint density at radius 1 is 1.17 bits per heavy atom. The topological polar surface area (TPSA) is 80.9 Å². The first-order valence-electron chi connectivity index (χ1n) is 7.29. The minimum absolute atomic E-state index is 0.